The van der Waals surface area contributed by atoms with Crippen LogP contribution in [0.25, 0.3) is 0 Å². The topological polar surface area (TPSA) is 116 Å². The van der Waals surface area contributed by atoms with Gasteiger partial charge in [0.1, 0.15) is 18.1 Å². The van der Waals surface area contributed by atoms with E-state index in [1.54, 1.807) is 42.3 Å². The van der Waals surface area contributed by atoms with Crippen molar-refractivity contribution in [1.82, 2.24) is 15.1 Å². The molecule has 1 aromatic heterocycles. The van der Waals surface area contributed by atoms with Gasteiger partial charge in [-0.25, -0.2) is 4.99 Å². The molecule has 0 aliphatic carbocycles. The highest BCUT2D eigenvalue weighted by Gasteiger charge is 2.30. The van der Waals surface area contributed by atoms with E-state index in [-0.39, 0.29) is 24.3 Å². The van der Waals surface area contributed by atoms with E-state index < -0.39 is 11.9 Å². The summed E-state index contributed by atoms with van der Waals surface area (Å²) in [5, 5.41) is 5.85. The Morgan fingerprint density at radius 3 is 2.51 bits per heavy atom. The van der Waals surface area contributed by atoms with E-state index in [1.165, 1.54) is 12.5 Å². The van der Waals surface area contributed by atoms with Gasteiger partial charge in [-0.2, -0.15) is 0 Å². The molecule has 3 heterocycles. The number of carbonyl (C=O) groups is 3. The maximum absolute atomic E-state index is 13.4. The van der Waals surface area contributed by atoms with Gasteiger partial charge in [0.15, 0.2) is 0 Å². The molecule has 2 aromatic rings. The predicted octanol–water partition coefficient (Wildman–Crippen LogP) is 2.49. The molecular weight excluding hydrogens is 450 g/mol. The third-order valence-corrected chi connectivity index (χ3v) is 6.19. The van der Waals surface area contributed by atoms with Gasteiger partial charge in [0.2, 0.25) is 17.8 Å². The number of hydrogen-bond acceptors (Lipinski definition) is 6. The van der Waals surface area contributed by atoms with Gasteiger partial charge in [0.05, 0.1) is 25.5 Å². The molecule has 186 valence electrons. The summed E-state index contributed by atoms with van der Waals surface area (Å²) in [7, 11) is 1.58. The quantitative estimate of drug-likeness (QED) is 0.484. The average Bonchev–Trinajstić information content (AvgIpc) is 3.57. The Bertz CT molecular complexity index is 1040. The molecule has 2 fully saturated rings. The minimum Gasteiger partial charge on any atom is -0.497 e. The second-order valence-corrected chi connectivity index (χ2v) is 8.66. The first-order valence-electron chi connectivity index (χ1n) is 11.9. The van der Waals surface area contributed by atoms with Crippen molar-refractivity contribution in [2.75, 3.05) is 38.6 Å². The Morgan fingerprint density at radius 1 is 1.09 bits per heavy atom. The van der Waals surface area contributed by atoms with Crippen molar-refractivity contribution in [2.45, 2.75) is 38.1 Å². The molecule has 35 heavy (non-hydrogen) atoms. The first kappa shape index (κ1) is 24.3. The molecule has 0 spiro atoms. The molecule has 4 rings (SSSR count). The number of amides is 3. The van der Waals surface area contributed by atoms with Gasteiger partial charge in [0, 0.05) is 25.3 Å². The van der Waals surface area contributed by atoms with E-state index in [1.807, 2.05) is 4.90 Å². The van der Waals surface area contributed by atoms with E-state index >= 15 is 0 Å². The summed E-state index contributed by atoms with van der Waals surface area (Å²) in [5.41, 5.74) is 0.999. The van der Waals surface area contributed by atoms with Crippen molar-refractivity contribution in [3.8, 4) is 5.75 Å². The number of likely N-dealkylation sites (tertiary alicyclic amines) is 2. The van der Waals surface area contributed by atoms with Gasteiger partial charge < -0.3 is 24.3 Å². The number of carbonyl (C=O) groups excluding carboxylic acids is 3. The molecule has 3 amide bonds. The molecule has 2 N–H and O–H groups in total. The highest BCUT2D eigenvalue weighted by Crippen LogP contribution is 2.18. The van der Waals surface area contributed by atoms with Crippen molar-refractivity contribution in [1.29, 1.82) is 0 Å². The zero-order valence-electron chi connectivity index (χ0n) is 19.9. The Labute approximate surface area is 204 Å². The van der Waals surface area contributed by atoms with Crippen LogP contribution in [0, 0.1) is 0 Å². The summed E-state index contributed by atoms with van der Waals surface area (Å²) in [5.74, 6) is 0.189. The van der Waals surface area contributed by atoms with Gasteiger partial charge >= 0.3 is 0 Å². The van der Waals surface area contributed by atoms with Crippen molar-refractivity contribution in [3.63, 3.8) is 0 Å². The summed E-state index contributed by atoms with van der Waals surface area (Å²) >= 11 is 0. The monoisotopic (exact) mass is 481 g/mol. The summed E-state index contributed by atoms with van der Waals surface area (Å²) < 4.78 is 10.2. The second-order valence-electron chi connectivity index (χ2n) is 8.66. The number of rotatable bonds is 6. The Hall–Kier alpha value is -3.82. The zero-order chi connectivity index (χ0) is 24.6. The third kappa shape index (κ3) is 6.40. The molecule has 0 radical (unpaired) electrons. The van der Waals surface area contributed by atoms with Crippen molar-refractivity contribution in [3.05, 3.63) is 48.4 Å². The fourth-order valence-electron chi connectivity index (χ4n) is 4.23. The van der Waals surface area contributed by atoms with Crippen LogP contribution >= 0.6 is 0 Å². The van der Waals surface area contributed by atoms with Crippen molar-refractivity contribution in [2.24, 2.45) is 4.99 Å². The number of methoxy groups -OCH3 is 1. The van der Waals surface area contributed by atoms with Crippen LogP contribution in [0.5, 0.6) is 5.75 Å². The molecule has 0 bridgehead atoms. The van der Waals surface area contributed by atoms with Crippen LogP contribution in [0.1, 0.15) is 42.5 Å². The maximum Gasteiger partial charge on any atom is 0.261 e. The van der Waals surface area contributed by atoms with E-state index in [9.17, 15) is 14.4 Å². The van der Waals surface area contributed by atoms with Gasteiger partial charge in [-0.05, 0) is 62.4 Å². The van der Waals surface area contributed by atoms with Crippen LogP contribution in [0.15, 0.2) is 52.3 Å². The van der Waals surface area contributed by atoms with Crippen LogP contribution in [0.2, 0.25) is 0 Å². The van der Waals surface area contributed by atoms with E-state index in [4.69, 9.17) is 9.15 Å². The lowest BCUT2D eigenvalue weighted by molar-refractivity contribution is -0.140. The van der Waals surface area contributed by atoms with Gasteiger partial charge in [-0.1, -0.05) is 0 Å². The highest BCUT2D eigenvalue weighted by molar-refractivity contribution is 6.10. The fraction of sp³-hybridized carbons (Fsp3) is 0.440. The average molecular weight is 482 g/mol. The van der Waals surface area contributed by atoms with Crippen LogP contribution in [0.4, 0.5) is 5.69 Å². The number of hydrogen-bond donors (Lipinski definition) is 2. The number of nitrogens with one attached hydrogen (secondary N) is 2. The number of guanidine groups is 1. The molecule has 2 aliphatic rings. The smallest absolute Gasteiger partial charge is 0.261 e. The Morgan fingerprint density at radius 2 is 1.83 bits per heavy atom. The van der Waals surface area contributed by atoms with Gasteiger partial charge in [-0.3, -0.25) is 19.7 Å². The van der Waals surface area contributed by atoms with Crippen LogP contribution in [0.3, 0.4) is 0 Å². The minimum atomic E-state index is -0.714. The molecule has 2 aliphatic heterocycles. The minimum absolute atomic E-state index is 0.0229. The number of furan rings is 1. The van der Waals surface area contributed by atoms with E-state index in [0.29, 0.717) is 30.0 Å². The number of nitrogens with zero attached hydrogens (tertiary/aromatic N) is 3. The lowest BCUT2D eigenvalue weighted by Crippen LogP contribution is -2.45. The van der Waals surface area contributed by atoms with Gasteiger partial charge in [0.25, 0.3) is 5.91 Å². The van der Waals surface area contributed by atoms with Crippen LogP contribution < -0.4 is 15.4 Å². The predicted molar refractivity (Wildman–Crippen MR) is 130 cm³/mol. The summed E-state index contributed by atoms with van der Waals surface area (Å²) in [6.45, 7) is 2.08. The lowest BCUT2D eigenvalue weighted by Gasteiger charge is -2.25. The highest BCUT2D eigenvalue weighted by atomic mass is 16.5. The molecular formula is C25H31N5O5. The molecule has 10 nitrogen and oxygen atoms in total. The normalized spacial score (nSPS) is 18.8. The maximum atomic E-state index is 13.4. The number of ether oxygens (including phenoxy) is 1. The summed E-state index contributed by atoms with van der Waals surface area (Å²) in [6, 6.07) is 7.96. The Balaban J connectivity index is 1.53. The summed E-state index contributed by atoms with van der Waals surface area (Å²) in [4.78, 5) is 46.8. The fourth-order valence-corrected chi connectivity index (χ4v) is 4.23. The second kappa shape index (κ2) is 11.5. The standard InChI is InChI=1S/C25H31N5O5/c1-34-20-9-7-19(8-10-20)26-25(28-23(32)18-11-15-35-17-18)27-21-6-2-3-14-30(24(21)33)16-22(31)29-12-4-5-13-29/h7-11,15,17,21H,2-6,12-14,16H2,1H3,(H2,26,27,28,32). The zero-order valence-corrected chi connectivity index (χ0v) is 19.9. The molecule has 10 heteroatoms. The first-order valence-corrected chi connectivity index (χ1v) is 11.9. The van der Waals surface area contributed by atoms with Crippen molar-refractivity contribution >= 4 is 29.4 Å². The molecule has 2 saturated heterocycles. The summed E-state index contributed by atoms with van der Waals surface area (Å²) in [6.07, 6.45) is 6.87. The van der Waals surface area contributed by atoms with Crippen LogP contribution in [-0.4, -0.2) is 72.8 Å². The van der Waals surface area contributed by atoms with E-state index in [2.05, 4.69) is 15.6 Å². The number of benzene rings is 1. The SMILES string of the molecule is COc1ccc(NC(=NC2CCCCN(CC(=O)N3CCCC3)C2=O)NC(=O)c2ccoc2)cc1. The molecule has 1 unspecified atom stereocenters. The number of anilines is 1. The van der Waals surface area contributed by atoms with Gasteiger partial charge in [-0.15, -0.1) is 0 Å². The molecule has 1 atom stereocenters. The molecule has 1 aromatic carbocycles. The third-order valence-electron chi connectivity index (χ3n) is 6.19. The lowest BCUT2D eigenvalue weighted by atomic mass is 10.1. The largest absolute Gasteiger partial charge is 0.497 e. The van der Waals surface area contributed by atoms with E-state index in [0.717, 1.165) is 38.8 Å². The Kier molecular flexibility index (Phi) is 8.02. The first-order chi connectivity index (χ1) is 17.0. The molecule has 0 saturated carbocycles. The van der Waals surface area contributed by atoms with Crippen molar-refractivity contribution < 1.29 is 23.5 Å². The van der Waals surface area contributed by atoms with Crippen LogP contribution in [-0.2, 0) is 9.59 Å². The number of aliphatic imine (C=N–C) groups is 1.